The molecule has 3 aromatic rings. The molecule has 156 valence electrons. The zero-order valence-electron chi connectivity index (χ0n) is 16.8. The van der Waals surface area contributed by atoms with Crippen LogP contribution in [0.3, 0.4) is 0 Å². The predicted octanol–water partition coefficient (Wildman–Crippen LogP) is 3.50. The lowest BCUT2D eigenvalue weighted by Crippen LogP contribution is -2.35. The summed E-state index contributed by atoms with van der Waals surface area (Å²) in [7, 11) is 1.82. The van der Waals surface area contributed by atoms with E-state index in [9.17, 15) is 9.59 Å². The summed E-state index contributed by atoms with van der Waals surface area (Å²) < 4.78 is 7.27. The van der Waals surface area contributed by atoms with Crippen LogP contribution < -0.4 is 5.32 Å². The smallest absolute Gasteiger partial charge is 0.254 e. The second-order valence-electron chi connectivity index (χ2n) is 7.28. The molecule has 0 bridgehead atoms. The molecule has 4 rings (SSSR count). The van der Waals surface area contributed by atoms with E-state index in [1.165, 1.54) is 11.8 Å². The van der Waals surface area contributed by atoms with E-state index in [0.717, 1.165) is 18.6 Å². The van der Waals surface area contributed by atoms with Gasteiger partial charge in [0.25, 0.3) is 5.91 Å². The molecular weight excluding hydrogens is 402 g/mol. The maximum absolute atomic E-state index is 13.3. The van der Waals surface area contributed by atoms with E-state index in [4.69, 9.17) is 4.42 Å². The highest BCUT2D eigenvalue weighted by molar-refractivity contribution is 7.99. The molecule has 0 spiro atoms. The highest BCUT2D eigenvalue weighted by Crippen LogP contribution is 2.36. The van der Waals surface area contributed by atoms with Crippen molar-refractivity contribution in [1.82, 2.24) is 19.7 Å². The lowest BCUT2D eigenvalue weighted by Gasteiger charge is -2.28. The molecule has 1 aromatic carbocycles. The summed E-state index contributed by atoms with van der Waals surface area (Å²) in [5.41, 5.74) is 1.13. The molecular formula is C21H23N5O3S. The van der Waals surface area contributed by atoms with Crippen molar-refractivity contribution in [3.05, 3.63) is 60.3 Å². The molecule has 1 aliphatic carbocycles. The number of nitrogens with zero attached hydrogens (tertiary/aromatic N) is 4. The Morgan fingerprint density at radius 3 is 2.83 bits per heavy atom. The average Bonchev–Trinajstić information content (AvgIpc) is 3.24. The summed E-state index contributed by atoms with van der Waals surface area (Å²) >= 11 is 1.30. The van der Waals surface area contributed by atoms with Crippen molar-refractivity contribution in [3.63, 3.8) is 0 Å². The van der Waals surface area contributed by atoms with Gasteiger partial charge in [-0.3, -0.25) is 9.59 Å². The zero-order chi connectivity index (χ0) is 21.1. The van der Waals surface area contributed by atoms with E-state index < -0.39 is 0 Å². The van der Waals surface area contributed by atoms with E-state index in [0.29, 0.717) is 16.4 Å². The van der Waals surface area contributed by atoms with Crippen LogP contribution in [-0.4, -0.2) is 43.3 Å². The van der Waals surface area contributed by atoms with Crippen molar-refractivity contribution in [2.24, 2.45) is 7.05 Å². The summed E-state index contributed by atoms with van der Waals surface area (Å²) in [6.45, 7) is 1.98. The molecule has 2 heterocycles. The van der Waals surface area contributed by atoms with Crippen LogP contribution in [-0.2, 0) is 11.8 Å². The first kappa shape index (κ1) is 20.2. The van der Waals surface area contributed by atoms with Gasteiger partial charge in [0.2, 0.25) is 5.91 Å². The number of carbonyl (C=O) groups excluding carboxylic acids is 2. The number of aromatic nitrogens is 3. The minimum absolute atomic E-state index is 0.0639. The van der Waals surface area contributed by atoms with Gasteiger partial charge in [-0.25, -0.2) is 0 Å². The SMILES string of the molecule is CC(c1ccco1)N(C(=O)c1cccc(NC(=O)CSc2nncn2C)c1)C1CC1. The van der Waals surface area contributed by atoms with E-state index >= 15 is 0 Å². The average molecular weight is 426 g/mol. The molecule has 1 saturated carbocycles. The molecule has 8 nitrogen and oxygen atoms in total. The van der Waals surface area contributed by atoms with E-state index in [2.05, 4.69) is 15.5 Å². The van der Waals surface area contributed by atoms with Gasteiger partial charge in [0.05, 0.1) is 18.1 Å². The number of furan rings is 1. The molecule has 1 fully saturated rings. The topological polar surface area (TPSA) is 93.3 Å². The maximum Gasteiger partial charge on any atom is 0.254 e. The van der Waals surface area contributed by atoms with Gasteiger partial charge in [-0.05, 0) is 50.1 Å². The van der Waals surface area contributed by atoms with E-state index in [1.807, 2.05) is 31.0 Å². The predicted molar refractivity (Wildman–Crippen MR) is 113 cm³/mol. The first-order valence-corrected chi connectivity index (χ1v) is 10.7. The summed E-state index contributed by atoms with van der Waals surface area (Å²) in [5.74, 6) is 0.733. The molecule has 0 aliphatic heterocycles. The van der Waals surface area contributed by atoms with Gasteiger partial charge in [-0.1, -0.05) is 17.8 Å². The molecule has 1 N–H and O–H groups in total. The Morgan fingerprint density at radius 2 is 2.17 bits per heavy atom. The van der Waals surface area contributed by atoms with Gasteiger partial charge in [0.1, 0.15) is 12.1 Å². The Hall–Kier alpha value is -3.07. The largest absolute Gasteiger partial charge is 0.467 e. The van der Waals surface area contributed by atoms with Crippen molar-refractivity contribution in [2.75, 3.05) is 11.1 Å². The number of amides is 2. The summed E-state index contributed by atoms with van der Waals surface area (Å²) in [6.07, 6.45) is 5.19. The lowest BCUT2D eigenvalue weighted by atomic mass is 10.1. The third kappa shape index (κ3) is 4.56. The van der Waals surface area contributed by atoms with Crippen molar-refractivity contribution < 1.29 is 14.0 Å². The number of carbonyl (C=O) groups is 2. The van der Waals surface area contributed by atoms with Gasteiger partial charge < -0.3 is 19.2 Å². The summed E-state index contributed by atoms with van der Waals surface area (Å²) in [4.78, 5) is 27.5. The van der Waals surface area contributed by atoms with Crippen LogP contribution in [0.4, 0.5) is 5.69 Å². The monoisotopic (exact) mass is 425 g/mol. The third-order valence-corrected chi connectivity index (χ3v) is 5.98. The minimum atomic E-state index is -0.171. The fourth-order valence-electron chi connectivity index (χ4n) is 3.29. The molecule has 0 saturated heterocycles. The number of benzene rings is 1. The van der Waals surface area contributed by atoms with Gasteiger partial charge in [-0.15, -0.1) is 10.2 Å². The fraction of sp³-hybridized carbons (Fsp3) is 0.333. The van der Waals surface area contributed by atoms with Gasteiger partial charge in [0, 0.05) is 24.3 Å². The first-order chi connectivity index (χ1) is 14.5. The Balaban J connectivity index is 1.43. The standard InChI is InChI=1S/C21H23N5O3S/c1-14(18-7-4-10-29-18)26(17-8-9-17)20(28)15-5-3-6-16(11-15)23-19(27)12-30-21-24-22-13-25(21)2/h3-7,10-11,13-14,17H,8-9,12H2,1-2H3,(H,23,27). The van der Waals surface area contributed by atoms with E-state index in [-0.39, 0.29) is 29.7 Å². The number of hydrogen-bond donors (Lipinski definition) is 1. The van der Waals surface area contributed by atoms with Crippen LogP contribution in [0.5, 0.6) is 0 Å². The number of hydrogen-bond acceptors (Lipinski definition) is 6. The molecule has 2 amide bonds. The Bertz CT molecular complexity index is 1030. The molecule has 1 unspecified atom stereocenters. The van der Waals surface area contributed by atoms with Gasteiger partial charge >= 0.3 is 0 Å². The maximum atomic E-state index is 13.3. The van der Waals surface area contributed by atoms with Crippen LogP contribution in [0, 0.1) is 0 Å². The van der Waals surface area contributed by atoms with Crippen molar-refractivity contribution in [1.29, 1.82) is 0 Å². The quantitative estimate of drug-likeness (QED) is 0.555. The van der Waals surface area contributed by atoms with Gasteiger partial charge in [0.15, 0.2) is 5.16 Å². The highest BCUT2D eigenvalue weighted by atomic mass is 32.2. The number of aryl methyl sites for hydroxylation is 1. The van der Waals surface area contributed by atoms with Crippen molar-refractivity contribution in [2.45, 2.75) is 37.0 Å². The number of thioether (sulfide) groups is 1. The molecule has 1 atom stereocenters. The van der Waals surface area contributed by atoms with Crippen LogP contribution in [0.25, 0.3) is 0 Å². The zero-order valence-corrected chi connectivity index (χ0v) is 17.6. The van der Waals surface area contributed by atoms with Crippen LogP contribution in [0.2, 0.25) is 0 Å². The second-order valence-corrected chi connectivity index (χ2v) is 8.22. The number of rotatable bonds is 8. The molecule has 2 aromatic heterocycles. The van der Waals surface area contributed by atoms with Crippen LogP contribution in [0.1, 0.15) is 41.9 Å². The van der Waals surface area contributed by atoms with E-state index in [1.54, 1.807) is 41.4 Å². The Kier molecular flexibility index (Phi) is 5.89. The van der Waals surface area contributed by atoms with Crippen molar-refractivity contribution in [3.8, 4) is 0 Å². The highest BCUT2D eigenvalue weighted by Gasteiger charge is 2.37. The Morgan fingerprint density at radius 1 is 1.33 bits per heavy atom. The molecule has 9 heteroatoms. The first-order valence-electron chi connectivity index (χ1n) is 9.75. The second kappa shape index (κ2) is 8.74. The Labute approximate surface area is 178 Å². The molecule has 0 radical (unpaired) electrons. The fourth-order valence-corrected chi connectivity index (χ4v) is 3.97. The summed E-state index contributed by atoms with van der Waals surface area (Å²) in [6, 6.07) is 10.8. The number of nitrogens with one attached hydrogen (secondary N) is 1. The minimum Gasteiger partial charge on any atom is -0.467 e. The lowest BCUT2D eigenvalue weighted by molar-refractivity contribution is -0.113. The van der Waals surface area contributed by atoms with Gasteiger partial charge in [-0.2, -0.15) is 0 Å². The number of anilines is 1. The van der Waals surface area contributed by atoms with Crippen LogP contribution >= 0.6 is 11.8 Å². The molecule has 30 heavy (non-hydrogen) atoms. The van der Waals surface area contributed by atoms with Crippen LogP contribution in [0.15, 0.2) is 58.6 Å². The molecule has 1 aliphatic rings. The summed E-state index contributed by atoms with van der Waals surface area (Å²) in [5, 5.41) is 11.3. The third-order valence-electron chi connectivity index (χ3n) is 4.94. The van der Waals surface area contributed by atoms with Crippen molar-refractivity contribution >= 4 is 29.3 Å². The normalized spacial score (nSPS) is 14.3.